The fraction of sp³-hybridized carbons (Fsp3) is 0.125. The molecule has 29 heavy (non-hydrogen) atoms. The fourth-order valence-corrected chi connectivity index (χ4v) is 4.21. The molecule has 0 saturated heterocycles. The quantitative estimate of drug-likeness (QED) is 0.391. The van der Waals surface area contributed by atoms with E-state index in [2.05, 4.69) is 17.1 Å². The maximum Gasteiger partial charge on any atom is 0.130 e. The first kappa shape index (κ1) is 18.3. The Hall–Kier alpha value is -2.69. The Bertz CT molecular complexity index is 1210. The third-order valence-corrected chi connectivity index (χ3v) is 5.90. The molecule has 4 aromatic rings. The number of hydrogen-bond acceptors (Lipinski definition) is 4. The number of aromatic nitrogens is 1. The van der Waals surface area contributed by atoms with Crippen molar-refractivity contribution >= 4 is 35.1 Å². The van der Waals surface area contributed by atoms with Crippen molar-refractivity contribution in [3.8, 4) is 11.5 Å². The second kappa shape index (κ2) is 7.62. The second-order valence-electron chi connectivity index (χ2n) is 7.02. The average molecular weight is 420 g/mol. The molecule has 0 radical (unpaired) electrons. The van der Waals surface area contributed by atoms with Crippen LogP contribution in [0.4, 0.5) is 0 Å². The standard InChI is InChI=1S/C24H18ClNO2S/c25-17-7-5-15-6-8-18(26-22(15)11-17)14-27-19-9-10-23-21(12-19)24(29)20-4-2-1-3-16(20)13-28-23/h1-12,24,29H,13-14H2. The van der Waals surface area contributed by atoms with Crippen LogP contribution in [0.2, 0.25) is 5.02 Å². The predicted octanol–water partition coefficient (Wildman–Crippen LogP) is 6.38. The zero-order valence-electron chi connectivity index (χ0n) is 15.5. The van der Waals surface area contributed by atoms with Gasteiger partial charge in [0.1, 0.15) is 24.7 Å². The Morgan fingerprint density at radius 2 is 1.86 bits per heavy atom. The Kier molecular flexibility index (Phi) is 4.82. The van der Waals surface area contributed by atoms with E-state index in [9.17, 15) is 0 Å². The van der Waals surface area contributed by atoms with Crippen molar-refractivity contribution in [2.45, 2.75) is 18.5 Å². The lowest BCUT2D eigenvalue weighted by Crippen LogP contribution is -2.00. The van der Waals surface area contributed by atoms with Gasteiger partial charge in [-0.15, -0.1) is 0 Å². The summed E-state index contributed by atoms with van der Waals surface area (Å²) in [5.74, 6) is 1.60. The summed E-state index contributed by atoms with van der Waals surface area (Å²) in [4.78, 5) is 4.65. The molecule has 1 unspecified atom stereocenters. The molecule has 1 atom stereocenters. The van der Waals surface area contributed by atoms with Crippen molar-refractivity contribution in [2.75, 3.05) is 0 Å². The molecule has 1 aromatic heterocycles. The van der Waals surface area contributed by atoms with Gasteiger partial charge in [0.2, 0.25) is 0 Å². The predicted molar refractivity (Wildman–Crippen MR) is 119 cm³/mol. The van der Waals surface area contributed by atoms with Gasteiger partial charge in [-0.2, -0.15) is 12.6 Å². The van der Waals surface area contributed by atoms with E-state index in [4.69, 9.17) is 33.7 Å². The Labute approximate surface area is 179 Å². The Balaban J connectivity index is 1.40. The van der Waals surface area contributed by atoms with Gasteiger partial charge in [-0.05, 0) is 47.5 Å². The van der Waals surface area contributed by atoms with Gasteiger partial charge in [-0.1, -0.05) is 48.0 Å². The molecule has 0 amide bonds. The fourth-order valence-electron chi connectivity index (χ4n) is 3.59. The van der Waals surface area contributed by atoms with E-state index in [0.717, 1.165) is 39.2 Å². The number of ether oxygens (including phenoxy) is 2. The largest absolute Gasteiger partial charge is 0.489 e. The van der Waals surface area contributed by atoms with Crippen LogP contribution in [0.15, 0.2) is 72.8 Å². The molecule has 2 heterocycles. The molecule has 144 valence electrons. The van der Waals surface area contributed by atoms with Gasteiger partial charge in [0.05, 0.1) is 16.5 Å². The van der Waals surface area contributed by atoms with Crippen molar-refractivity contribution in [1.82, 2.24) is 4.98 Å². The molecule has 5 heteroatoms. The smallest absolute Gasteiger partial charge is 0.130 e. The van der Waals surface area contributed by atoms with Gasteiger partial charge in [-0.3, -0.25) is 0 Å². The van der Waals surface area contributed by atoms with Crippen LogP contribution >= 0.6 is 24.2 Å². The molecule has 5 rings (SSSR count). The summed E-state index contributed by atoms with van der Waals surface area (Å²) in [5.41, 5.74) is 5.04. The molecule has 3 aromatic carbocycles. The van der Waals surface area contributed by atoms with Crippen LogP contribution in [0.3, 0.4) is 0 Å². The van der Waals surface area contributed by atoms with Crippen LogP contribution in [0.25, 0.3) is 10.9 Å². The van der Waals surface area contributed by atoms with Crippen LogP contribution in [0.5, 0.6) is 11.5 Å². The van der Waals surface area contributed by atoms with Crippen LogP contribution in [-0.2, 0) is 13.2 Å². The number of pyridine rings is 1. The van der Waals surface area contributed by atoms with Crippen molar-refractivity contribution in [3.05, 3.63) is 100 Å². The Morgan fingerprint density at radius 3 is 2.79 bits per heavy atom. The van der Waals surface area contributed by atoms with Gasteiger partial charge < -0.3 is 9.47 Å². The summed E-state index contributed by atoms with van der Waals surface area (Å²) in [6.07, 6.45) is 0. The lowest BCUT2D eigenvalue weighted by molar-refractivity contribution is 0.295. The third kappa shape index (κ3) is 3.66. The molecular weight excluding hydrogens is 402 g/mol. The van der Waals surface area contributed by atoms with E-state index in [0.29, 0.717) is 18.2 Å². The number of rotatable bonds is 3. The van der Waals surface area contributed by atoms with Gasteiger partial charge in [0.25, 0.3) is 0 Å². The topological polar surface area (TPSA) is 31.4 Å². The van der Waals surface area contributed by atoms with Crippen LogP contribution in [0, 0.1) is 0 Å². The molecule has 0 bridgehead atoms. The lowest BCUT2D eigenvalue weighted by Gasteiger charge is -2.15. The highest BCUT2D eigenvalue weighted by molar-refractivity contribution is 7.80. The molecule has 0 aliphatic carbocycles. The lowest BCUT2D eigenvalue weighted by atomic mass is 10.00. The van der Waals surface area contributed by atoms with Crippen LogP contribution in [0.1, 0.15) is 27.6 Å². The first-order valence-electron chi connectivity index (χ1n) is 9.38. The Morgan fingerprint density at radius 1 is 1.00 bits per heavy atom. The summed E-state index contributed by atoms with van der Waals surface area (Å²) in [7, 11) is 0. The molecular formula is C24H18ClNO2S. The number of halogens is 1. The van der Waals surface area contributed by atoms with E-state index in [1.807, 2.05) is 60.7 Å². The third-order valence-electron chi connectivity index (χ3n) is 5.11. The molecule has 1 aliphatic heterocycles. The average Bonchev–Trinajstić information content (AvgIpc) is 2.89. The highest BCUT2D eigenvalue weighted by atomic mass is 35.5. The molecule has 0 saturated carbocycles. The molecule has 0 spiro atoms. The number of benzene rings is 3. The zero-order chi connectivity index (χ0) is 19.8. The van der Waals surface area contributed by atoms with E-state index in [-0.39, 0.29) is 5.25 Å². The number of nitrogens with zero attached hydrogens (tertiary/aromatic N) is 1. The molecule has 3 nitrogen and oxygen atoms in total. The molecule has 1 aliphatic rings. The van der Waals surface area contributed by atoms with E-state index < -0.39 is 0 Å². The van der Waals surface area contributed by atoms with Crippen molar-refractivity contribution in [1.29, 1.82) is 0 Å². The van der Waals surface area contributed by atoms with E-state index in [1.54, 1.807) is 0 Å². The number of hydrogen-bond donors (Lipinski definition) is 1. The highest BCUT2D eigenvalue weighted by Crippen LogP contribution is 2.41. The van der Waals surface area contributed by atoms with Gasteiger partial charge >= 0.3 is 0 Å². The van der Waals surface area contributed by atoms with E-state index in [1.165, 1.54) is 5.56 Å². The first-order valence-corrected chi connectivity index (χ1v) is 10.3. The summed E-state index contributed by atoms with van der Waals surface area (Å²) >= 11 is 10.9. The van der Waals surface area contributed by atoms with Gasteiger partial charge in [-0.25, -0.2) is 4.98 Å². The highest BCUT2D eigenvalue weighted by Gasteiger charge is 2.22. The minimum atomic E-state index is -0.0619. The SMILES string of the molecule is SC1c2ccccc2COc2ccc(OCc3ccc4ccc(Cl)cc4n3)cc21. The summed E-state index contributed by atoms with van der Waals surface area (Å²) in [5, 5.41) is 1.67. The first-order chi connectivity index (χ1) is 14.2. The van der Waals surface area contributed by atoms with Gasteiger partial charge in [0.15, 0.2) is 0 Å². The monoisotopic (exact) mass is 419 g/mol. The number of fused-ring (bicyclic) bond motifs is 3. The van der Waals surface area contributed by atoms with Crippen LogP contribution in [-0.4, -0.2) is 4.98 Å². The maximum absolute atomic E-state index is 6.08. The second-order valence-corrected chi connectivity index (χ2v) is 7.97. The molecule has 0 N–H and O–H groups in total. The number of thiol groups is 1. The van der Waals surface area contributed by atoms with Crippen molar-refractivity contribution < 1.29 is 9.47 Å². The minimum Gasteiger partial charge on any atom is -0.489 e. The summed E-state index contributed by atoms with van der Waals surface area (Å²) < 4.78 is 12.0. The van der Waals surface area contributed by atoms with Gasteiger partial charge in [0, 0.05) is 16.0 Å². The van der Waals surface area contributed by atoms with E-state index >= 15 is 0 Å². The molecule has 0 fully saturated rings. The minimum absolute atomic E-state index is 0.0619. The summed E-state index contributed by atoms with van der Waals surface area (Å²) in [6, 6.07) is 23.8. The van der Waals surface area contributed by atoms with Crippen molar-refractivity contribution in [2.24, 2.45) is 0 Å². The summed E-state index contributed by atoms with van der Waals surface area (Å²) in [6.45, 7) is 0.917. The van der Waals surface area contributed by atoms with Crippen molar-refractivity contribution in [3.63, 3.8) is 0 Å². The van der Waals surface area contributed by atoms with Crippen LogP contribution < -0.4 is 9.47 Å². The normalized spacial score (nSPS) is 15.2. The zero-order valence-corrected chi connectivity index (χ0v) is 17.2. The maximum atomic E-state index is 6.08.